The Balaban J connectivity index is 1.35. The van der Waals surface area contributed by atoms with E-state index >= 15 is 0 Å². The third-order valence-electron chi connectivity index (χ3n) is 9.08. The molecule has 3 fully saturated rings. The monoisotopic (exact) mass is 638 g/mol. The molecule has 3 heterocycles. The number of esters is 1. The van der Waals surface area contributed by atoms with Crippen LogP contribution in [-0.2, 0) is 19.6 Å². The molecule has 2 aromatic rings. The molecule has 2 saturated carbocycles. The van der Waals surface area contributed by atoms with Crippen LogP contribution < -0.4 is 4.72 Å². The number of ether oxygens (including phenoxy) is 1. The van der Waals surface area contributed by atoms with E-state index in [1.807, 2.05) is 0 Å². The minimum absolute atomic E-state index is 0.0953. The first-order valence-electron chi connectivity index (χ1n) is 13.8. The number of thiazole rings is 1. The van der Waals surface area contributed by atoms with Gasteiger partial charge < -0.3 is 19.8 Å². The number of methoxy groups -OCH3 is 1. The Morgan fingerprint density at radius 1 is 1.31 bits per heavy atom. The molecule has 2 aliphatic carbocycles. The highest BCUT2D eigenvalue weighted by Gasteiger charge is 2.56. The molecule has 2 bridgehead atoms. The number of halogens is 2. The summed E-state index contributed by atoms with van der Waals surface area (Å²) < 4.78 is 49.7. The number of nitrogens with zero attached hydrogens (tertiary/aromatic N) is 3. The van der Waals surface area contributed by atoms with Crippen molar-refractivity contribution >= 4 is 44.8 Å². The highest BCUT2D eigenvalue weighted by atomic mass is 35.5. The van der Waals surface area contributed by atoms with E-state index in [1.54, 1.807) is 23.4 Å². The number of carbonyl (C=O) groups excluding carboxylic acids is 1. The average Bonchev–Trinajstić information content (AvgIpc) is 3.66. The molecule has 226 valence electrons. The molecule has 6 rings (SSSR count). The van der Waals surface area contributed by atoms with E-state index in [-0.39, 0.29) is 48.2 Å². The van der Waals surface area contributed by atoms with Crippen LogP contribution in [0.25, 0.3) is 0 Å². The zero-order valence-corrected chi connectivity index (χ0v) is 25.4. The van der Waals surface area contributed by atoms with Gasteiger partial charge in [0.2, 0.25) is 10.0 Å². The van der Waals surface area contributed by atoms with E-state index in [0.717, 1.165) is 6.07 Å². The molecule has 3 N–H and O–H groups in total. The molecular formula is C28H32ClFN4O6S2. The largest absolute Gasteiger partial charge is 0.466 e. The lowest BCUT2D eigenvalue weighted by atomic mass is 9.74. The van der Waals surface area contributed by atoms with Gasteiger partial charge in [0, 0.05) is 46.9 Å². The first-order chi connectivity index (χ1) is 19.9. The van der Waals surface area contributed by atoms with Crippen molar-refractivity contribution in [2.45, 2.75) is 68.1 Å². The first-order valence-corrected chi connectivity index (χ1v) is 16.7. The molecule has 14 heteroatoms. The molecule has 1 aromatic carbocycles. The maximum Gasteiger partial charge on any atom is 0.338 e. The van der Waals surface area contributed by atoms with Crippen LogP contribution in [0.1, 0.15) is 55.6 Å². The van der Waals surface area contributed by atoms with Gasteiger partial charge in [0.1, 0.15) is 11.9 Å². The summed E-state index contributed by atoms with van der Waals surface area (Å²) in [6.07, 6.45) is 2.65. The third kappa shape index (κ3) is 5.07. The Morgan fingerprint density at radius 3 is 2.62 bits per heavy atom. The summed E-state index contributed by atoms with van der Waals surface area (Å²) in [5, 5.41) is 22.9. The van der Waals surface area contributed by atoms with Crippen molar-refractivity contribution in [2.24, 2.45) is 16.8 Å². The van der Waals surface area contributed by atoms with Crippen LogP contribution in [0.4, 0.5) is 4.39 Å². The van der Waals surface area contributed by atoms with Crippen molar-refractivity contribution in [3.8, 4) is 0 Å². The highest BCUT2D eigenvalue weighted by molar-refractivity contribution is 7.90. The van der Waals surface area contributed by atoms with Gasteiger partial charge in [-0.25, -0.2) is 27.3 Å². The van der Waals surface area contributed by atoms with Gasteiger partial charge in [-0.1, -0.05) is 17.7 Å². The lowest BCUT2D eigenvalue weighted by Crippen LogP contribution is -2.54. The van der Waals surface area contributed by atoms with Crippen LogP contribution in [0.3, 0.4) is 0 Å². The lowest BCUT2D eigenvalue weighted by molar-refractivity contribution is -0.136. The predicted molar refractivity (Wildman–Crippen MR) is 155 cm³/mol. The summed E-state index contributed by atoms with van der Waals surface area (Å²) in [5.41, 5.74) is -0.141. The zero-order valence-electron chi connectivity index (χ0n) is 23.0. The van der Waals surface area contributed by atoms with Crippen molar-refractivity contribution in [3.63, 3.8) is 0 Å². The molecule has 0 spiro atoms. The summed E-state index contributed by atoms with van der Waals surface area (Å²) >= 11 is 7.78. The van der Waals surface area contributed by atoms with Crippen molar-refractivity contribution in [1.29, 1.82) is 0 Å². The fourth-order valence-electron chi connectivity index (χ4n) is 7.22. The number of aliphatic hydroxyl groups excluding tert-OH is 1. The van der Waals surface area contributed by atoms with Gasteiger partial charge in [-0.05, 0) is 56.6 Å². The number of rotatable bonds is 7. The molecule has 42 heavy (non-hydrogen) atoms. The van der Waals surface area contributed by atoms with Crippen molar-refractivity contribution in [2.75, 3.05) is 13.7 Å². The minimum atomic E-state index is -3.84. The molecule has 0 amide bonds. The smallest absolute Gasteiger partial charge is 0.338 e. The van der Waals surface area contributed by atoms with Crippen molar-refractivity contribution < 1.29 is 32.6 Å². The van der Waals surface area contributed by atoms with Gasteiger partial charge in [-0.3, -0.25) is 4.99 Å². The molecule has 4 unspecified atom stereocenters. The van der Waals surface area contributed by atoms with E-state index in [4.69, 9.17) is 21.3 Å². The third-order valence-corrected chi connectivity index (χ3v) is 12.3. The van der Waals surface area contributed by atoms with Crippen LogP contribution in [0.15, 0.2) is 46.0 Å². The highest BCUT2D eigenvalue weighted by Crippen LogP contribution is 2.51. The fourth-order valence-corrected chi connectivity index (χ4v) is 10.4. The number of benzene rings is 1. The average molecular weight is 639 g/mol. The van der Waals surface area contributed by atoms with E-state index < -0.39 is 50.8 Å². The number of sulfonamides is 1. The summed E-state index contributed by atoms with van der Waals surface area (Å²) in [7, 11) is -2.58. The van der Waals surface area contributed by atoms with Crippen molar-refractivity contribution in [3.05, 3.63) is 62.5 Å². The quantitative estimate of drug-likeness (QED) is 0.393. The van der Waals surface area contributed by atoms with Crippen LogP contribution in [0, 0.1) is 17.7 Å². The van der Waals surface area contributed by atoms with Crippen LogP contribution in [-0.4, -0.2) is 77.0 Å². The van der Waals surface area contributed by atoms with Crippen molar-refractivity contribution in [1.82, 2.24) is 14.6 Å². The topological polar surface area (TPSA) is 141 Å². The minimum Gasteiger partial charge on any atom is -0.466 e. The molecule has 2 aliphatic heterocycles. The number of aromatic nitrogens is 1. The van der Waals surface area contributed by atoms with Crippen LogP contribution >= 0.6 is 22.9 Å². The summed E-state index contributed by atoms with van der Waals surface area (Å²) in [5.74, 6) is -1.26. The predicted octanol–water partition coefficient (Wildman–Crippen LogP) is 3.16. The summed E-state index contributed by atoms with van der Waals surface area (Å²) in [6, 6.07) is 2.37. The molecule has 0 radical (unpaired) electrons. The number of amidine groups is 1. The second-order valence-electron chi connectivity index (χ2n) is 11.6. The molecule has 10 nitrogen and oxygen atoms in total. The summed E-state index contributed by atoms with van der Waals surface area (Å²) in [4.78, 5) is 24.3. The Hall–Kier alpha value is -2.42. The second kappa shape index (κ2) is 10.9. The Kier molecular flexibility index (Phi) is 7.72. The molecule has 1 saturated heterocycles. The number of fused-ring (bicyclic) bond motifs is 3. The molecule has 4 aliphatic rings. The first kappa shape index (κ1) is 29.6. The lowest BCUT2D eigenvalue weighted by Gasteiger charge is -2.42. The Morgan fingerprint density at radius 2 is 2.02 bits per heavy atom. The maximum absolute atomic E-state index is 13.9. The molecule has 1 aromatic heterocycles. The van der Waals surface area contributed by atoms with Gasteiger partial charge in [-0.15, -0.1) is 11.3 Å². The number of aliphatic imine (C=N–C) groups is 1. The van der Waals surface area contributed by atoms with E-state index in [0.29, 0.717) is 34.9 Å². The number of nitrogens with one attached hydrogen (secondary N) is 1. The van der Waals surface area contributed by atoms with Crippen LogP contribution in [0.2, 0.25) is 5.02 Å². The van der Waals surface area contributed by atoms with Gasteiger partial charge in [-0.2, -0.15) is 0 Å². The number of hydrogen-bond donors (Lipinski definition) is 3. The fraction of sp³-hybridized carbons (Fsp3) is 0.536. The number of hydrogen-bond acceptors (Lipinski definition) is 10. The zero-order chi connectivity index (χ0) is 30.0. The second-order valence-corrected chi connectivity index (χ2v) is 14.8. The SMILES string of the molecule is COC(=O)C1=C2CC(NS(=O)(=O)C3C4CCC3CC(O)(C(C)O)C4)CN2C(c2nccs2)=N[C@H]1c1ccc(F)cc1Cl. The summed E-state index contributed by atoms with van der Waals surface area (Å²) in [6.45, 7) is 1.75. The molecule has 5 atom stereocenters. The standard InChI is InChI=1S/C28H32ClFN4O6S2/c1-14(35)28(37)11-15-3-4-16(12-28)24(15)42(38,39)33-18-10-21-22(27(36)40-2)23(19-6-5-17(30)9-20(19)29)32-25(34(21)13-18)26-31-7-8-41-26/h5-9,14-16,18,23-24,33,35,37H,3-4,10-13H2,1-2H3/t14?,15?,16?,18?,23-,24?,28?/m0/s1. The number of aliphatic hydroxyl groups is 2. The van der Waals surface area contributed by atoms with E-state index in [9.17, 15) is 27.8 Å². The normalized spacial score (nSPS) is 31.6. The van der Waals surface area contributed by atoms with Gasteiger partial charge in [0.05, 0.1) is 29.6 Å². The van der Waals surface area contributed by atoms with E-state index in [2.05, 4.69) is 9.71 Å². The van der Waals surface area contributed by atoms with Gasteiger partial charge >= 0.3 is 5.97 Å². The number of carbonyl (C=O) groups is 1. The Bertz CT molecular complexity index is 1550. The van der Waals surface area contributed by atoms with Gasteiger partial charge in [0.15, 0.2) is 10.8 Å². The molecular weight excluding hydrogens is 607 g/mol. The maximum atomic E-state index is 13.9. The van der Waals surface area contributed by atoms with E-state index in [1.165, 1.54) is 30.6 Å². The van der Waals surface area contributed by atoms with Crippen LogP contribution in [0.5, 0.6) is 0 Å². The van der Waals surface area contributed by atoms with Gasteiger partial charge in [0.25, 0.3) is 0 Å². The Labute approximate surface area is 252 Å².